The number of ether oxygens (including phenoxy) is 1. The van der Waals surface area contributed by atoms with Gasteiger partial charge in [-0.3, -0.25) is 14.9 Å². The molecule has 1 unspecified atom stereocenters. The van der Waals surface area contributed by atoms with Crippen molar-refractivity contribution in [2.24, 2.45) is 0 Å². The van der Waals surface area contributed by atoms with Crippen LogP contribution in [0.1, 0.15) is 36.5 Å². The number of carbonyl (C=O) groups excluding carboxylic acids is 1. The number of nitro benzene ring substituents is 1. The van der Waals surface area contributed by atoms with Crippen molar-refractivity contribution >= 4 is 17.3 Å². The third-order valence-electron chi connectivity index (χ3n) is 3.54. The molecule has 7 heteroatoms. The normalized spacial score (nSPS) is 17.2. The third kappa shape index (κ3) is 4.17. The first-order valence-corrected chi connectivity index (χ1v) is 7.54. The van der Waals surface area contributed by atoms with E-state index >= 15 is 0 Å². The lowest BCUT2D eigenvalue weighted by atomic mass is 10.1. The van der Waals surface area contributed by atoms with Gasteiger partial charge in [0.15, 0.2) is 0 Å². The summed E-state index contributed by atoms with van der Waals surface area (Å²) in [5, 5.41) is 16.9. The van der Waals surface area contributed by atoms with E-state index in [-0.39, 0.29) is 23.3 Å². The highest BCUT2D eigenvalue weighted by atomic mass is 16.6. The highest BCUT2D eigenvalue weighted by Gasteiger charge is 2.19. The van der Waals surface area contributed by atoms with Crippen LogP contribution in [0.3, 0.4) is 0 Å². The number of anilines is 1. The molecule has 2 N–H and O–H groups in total. The average molecular weight is 307 g/mol. The molecule has 1 amide bonds. The number of amides is 1. The summed E-state index contributed by atoms with van der Waals surface area (Å²) in [6.07, 6.45) is 2.84. The standard InChI is InChI=1S/C15H21N3O4/c1-2-7-16-13-6-5-11(9-14(13)18(20)21)15(19)17-10-12-4-3-8-22-12/h5-6,9,12,16H,2-4,7-8,10H2,1H3,(H,17,19). The van der Waals surface area contributed by atoms with Crippen LogP contribution in [-0.4, -0.2) is 36.6 Å². The number of nitrogens with zero attached hydrogens (tertiary/aromatic N) is 1. The predicted octanol–water partition coefficient (Wildman–Crippen LogP) is 2.33. The molecule has 0 spiro atoms. The lowest BCUT2D eigenvalue weighted by Gasteiger charge is -2.11. The summed E-state index contributed by atoms with van der Waals surface area (Å²) < 4.78 is 5.43. The van der Waals surface area contributed by atoms with Crippen molar-refractivity contribution in [1.29, 1.82) is 0 Å². The van der Waals surface area contributed by atoms with Gasteiger partial charge in [-0.15, -0.1) is 0 Å². The predicted molar refractivity (Wildman–Crippen MR) is 83.2 cm³/mol. The highest BCUT2D eigenvalue weighted by molar-refractivity contribution is 5.95. The summed E-state index contributed by atoms with van der Waals surface area (Å²) >= 11 is 0. The largest absolute Gasteiger partial charge is 0.380 e. The Morgan fingerprint density at radius 1 is 1.50 bits per heavy atom. The maximum Gasteiger partial charge on any atom is 0.293 e. The van der Waals surface area contributed by atoms with Crippen molar-refractivity contribution < 1.29 is 14.5 Å². The topological polar surface area (TPSA) is 93.5 Å². The molecule has 0 bridgehead atoms. The van der Waals surface area contributed by atoms with Crippen molar-refractivity contribution in [3.8, 4) is 0 Å². The quantitative estimate of drug-likeness (QED) is 0.595. The monoisotopic (exact) mass is 307 g/mol. The Balaban J connectivity index is 2.04. The second-order valence-electron chi connectivity index (χ2n) is 5.26. The van der Waals surface area contributed by atoms with Crippen LogP contribution in [0.5, 0.6) is 0 Å². The van der Waals surface area contributed by atoms with E-state index in [1.807, 2.05) is 6.92 Å². The van der Waals surface area contributed by atoms with Gasteiger partial charge in [-0.25, -0.2) is 0 Å². The number of nitro groups is 1. The van der Waals surface area contributed by atoms with Gasteiger partial charge in [0.05, 0.1) is 11.0 Å². The van der Waals surface area contributed by atoms with E-state index in [1.165, 1.54) is 6.07 Å². The van der Waals surface area contributed by atoms with E-state index in [9.17, 15) is 14.9 Å². The first-order valence-electron chi connectivity index (χ1n) is 7.54. The average Bonchev–Trinajstić information content (AvgIpc) is 3.03. The molecule has 0 radical (unpaired) electrons. The molecule has 7 nitrogen and oxygen atoms in total. The van der Waals surface area contributed by atoms with Crippen LogP contribution in [-0.2, 0) is 4.74 Å². The maximum atomic E-state index is 12.1. The molecule has 0 saturated carbocycles. The van der Waals surface area contributed by atoms with Gasteiger partial charge in [0.2, 0.25) is 0 Å². The second-order valence-corrected chi connectivity index (χ2v) is 5.26. The van der Waals surface area contributed by atoms with Crippen LogP contribution in [0.2, 0.25) is 0 Å². The van der Waals surface area contributed by atoms with E-state index < -0.39 is 4.92 Å². The Labute approximate surface area is 129 Å². The Morgan fingerprint density at radius 3 is 2.95 bits per heavy atom. The molecule has 1 fully saturated rings. The minimum Gasteiger partial charge on any atom is -0.380 e. The van der Waals surface area contributed by atoms with Crippen molar-refractivity contribution in [2.45, 2.75) is 32.3 Å². The molecule has 1 aliphatic rings. The molecule has 2 rings (SSSR count). The van der Waals surface area contributed by atoms with Gasteiger partial charge >= 0.3 is 0 Å². The maximum absolute atomic E-state index is 12.1. The summed E-state index contributed by atoms with van der Waals surface area (Å²) in [4.78, 5) is 22.8. The lowest BCUT2D eigenvalue weighted by Crippen LogP contribution is -2.31. The van der Waals surface area contributed by atoms with Gasteiger partial charge < -0.3 is 15.4 Å². The van der Waals surface area contributed by atoms with Crippen LogP contribution in [0.25, 0.3) is 0 Å². The molecule has 1 aromatic carbocycles. The number of rotatable bonds is 7. The SMILES string of the molecule is CCCNc1ccc(C(=O)NCC2CCCO2)cc1[N+](=O)[O-]. The smallest absolute Gasteiger partial charge is 0.293 e. The number of carbonyl (C=O) groups is 1. The number of nitrogens with one attached hydrogen (secondary N) is 2. The summed E-state index contributed by atoms with van der Waals surface area (Å²) in [7, 11) is 0. The Kier molecular flexibility index (Phi) is 5.71. The molecule has 1 aliphatic heterocycles. The van der Waals surface area contributed by atoms with Crippen molar-refractivity contribution in [3.63, 3.8) is 0 Å². The van der Waals surface area contributed by atoms with Crippen LogP contribution in [0, 0.1) is 10.1 Å². The van der Waals surface area contributed by atoms with E-state index in [2.05, 4.69) is 10.6 Å². The fourth-order valence-corrected chi connectivity index (χ4v) is 2.35. The van der Waals surface area contributed by atoms with Crippen molar-refractivity contribution in [3.05, 3.63) is 33.9 Å². The minimum absolute atomic E-state index is 0.0458. The fourth-order valence-electron chi connectivity index (χ4n) is 2.35. The van der Waals surface area contributed by atoms with Crippen molar-refractivity contribution in [1.82, 2.24) is 5.32 Å². The van der Waals surface area contributed by atoms with Crippen LogP contribution < -0.4 is 10.6 Å². The van der Waals surface area contributed by atoms with Crippen LogP contribution in [0.15, 0.2) is 18.2 Å². The van der Waals surface area contributed by atoms with Crippen LogP contribution in [0.4, 0.5) is 11.4 Å². The zero-order valence-corrected chi connectivity index (χ0v) is 12.6. The molecule has 0 aliphatic carbocycles. The second kappa shape index (κ2) is 7.74. The van der Waals surface area contributed by atoms with Gasteiger partial charge in [0, 0.05) is 31.3 Å². The lowest BCUT2D eigenvalue weighted by molar-refractivity contribution is -0.384. The molecular weight excluding hydrogens is 286 g/mol. The fraction of sp³-hybridized carbons (Fsp3) is 0.533. The van der Waals surface area contributed by atoms with Crippen LogP contribution >= 0.6 is 0 Å². The van der Waals surface area contributed by atoms with Gasteiger partial charge in [-0.2, -0.15) is 0 Å². The molecule has 1 atom stereocenters. The summed E-state index contributed by atoms with van der Waals surface area (Å²) in [6, 6.07) is 4.48. The van der Waals surface area contributed by atoms with E-state index in [0.717, 1.165) is 25.9 Å². The van der Waals surface area contributed by atoms with Gasteiger partial charge in [-0.05, 0) is 31.4 Å². The third-order valence-corrected chi connectivity index (χ3v) is 3.54. The summed E-state index contributed by atoms with van der Waals surface area (Å²) in [5.41, 5.74) is 0.632. The van der Waals surface area contributed by atoms with E-state index in [4.69, 9.17) is 4.74 Å². The summed E-state index contributed by atoms with van der Waals surface area (Å²) in [5.74, 6) is -0.319. The Bertz CT molecular complexity index is 542. The molecular formula is C15H21N3O4. The number of benzene rings is 1. The molecule has 22 heavy (non-hydrogen) atoms. The molecule has 1 aromatic rings. The molecule has 120 valence electrons. The Morgan fingerprint density at radius 2 is 2.32 bits per heavy atom. The highest BCUT2D eigenvalue weighted by Crippen LogP contribution is 2.25. The van der Waals surface area contributed by atoms with Gasteiger partial charge in [-0.1, -0.05) is 6.92 Å². The minimum atomic E-state index is -0.477. The van der Waals surface area contributed by atoms with E-state index in [1.54, 1.807) is 12.1 Å². The molecule has 1 heterocycles. The van der Waals surface area contributed by atoms with Gasteiger partial charge in [0.25, 0.3) is 11.6 Å². The zero-order valence-electron chi connectivity index (χ0n) is 12.6. The zero-order chi connectivity index (χ0) is 15.9. The Hall–Kier alpha value is -2.15. The molecule has 0 aromatic heterocycles. The number of hydrogen-bond acceptors (Lipinski definition) is 5. The van der Waals surface area contributed by atoms with Gasteiger partial charge in [0.1, 0.15) is 5.69 Å². The first kappa shape index (κ1) is 16.2. The first-order chi connectivity index (χ1) is 10.6. The van der Waals surface area contributed by atoms with Crippen molar-refractivity contribution in [2.75, 3.05) is 25.0 Å². The summed E-state index contributed by atoms with van der Waals surface area (Å²) in [6.45, 7) is 3.78. The number of hydrogen-bond donors (Lipinski definition) is 2. The molecule has 1 saturated heterocycles. The van der Waals surface area contributed by atoms with E-state index in [0.29, 0.717) is 18.8 Å².